The van der Waals surface area contributed by atoms with Crippen LogP contribution < -0.4 is 27.2 Å². The van der Waals surface area contributed by atoms with Crippen LogP contribution in [0.3, 0.4) is 0 Å². The first-order valence-corrected chi connectivity index (χ1v) is 8.36. The number of aliphatic carboxylic acids is 1. The van der Waals surface area contributed by atoms with E-state index in [-0.39, 0.29) is 5.96 Å². The summed E-state index contributed by atoms with van der Waals surface area (Å²) in [6.45, 7) is 0.404. The van der Waals surface area contributed by atoms with E-state index in [1.807, 2.05) is 0 Å². The summed E-state index contributed by atoms with van der Waals surface area (Å²) in [6, 6.07) is -1.40. The molecule has 0 spiro atoms. The predicted molar refractivity (Wildman–Crippen MR) is 89.5 cm³/mol. The van der Waals surface area contributed by atoms with Crippen LogP contribution in [-0.2, 0) is 18.1 Å². The van der Waals surface area contributed by atoms with Gasteiger partial charge in [0, 0.05) is 34.9 Å². The van der Waals surface area contributed by atoms with Crippen LogP contribution in [0, 0.1) is 5.41 Å². The standard InChI is InChI=1S/C8H18N6O3.C3H10O3Si/c1-11-8(17)14-13-5(6(15)16)3-2-4-12-7(9)10;1-4-7(5-2)6-3/h5,13H,2-4H2,1H3,(H,15,16)(H4,9,10,12)(H2,11,14,17);7H,1-3H3. The Morgan fingerprint density at radius 3 is 2.12 bits per heavy atom. The summed E-state index contributed by atoms with van der Waals surface area (Å²) in [5, 5.41) is 20.6. The molecule has 0 saturated heterocycles. The first-order valence-electron chi connectivity index (χ1n) is 6.94. The Kier molecular flexibility index (Phi) is 16.2. The number of hydrogen-bond donors (Lipinski definition) is 7. The number of carbonyl (C=O) groups excluding carboxylic acids is 1. The Labute approximate surface area is 142 Å². The molecule has 1 atom stereocenters. The number of amides is 2. The predicted octanol–water partition coefficient (Wildman–Crippen LogP) is -2.22. The minimum absolute atomic E-state index is 0.159. The van der Waals surface area contributed by atoms with Gasteiger partial charge in [-0.25, -0.2) is 10.2 Å². The van der Waals surface area contributed by atoms with E-state index in [0.29, 0.717) is 19.4 Å². The van der Waals surface area contributed by atoms with Gasteiger partial charge in [0.05, 0.1) is 0 Å². The number of urea groups is 1. The molecule has 0 rings (SSSR count). The molecule has 13 heteroatoms. The first kappa shape index (κ1) is 24.3. The smallest absolute Gasteiger partial charge is 0.480 e. The molecule has 142 valence electrons. The van der Waals surface area contributed by atoms with Crippen LogP contribution in [0.25, 0.3) is 0 Å². The zero-order valence-electron chi connectivity index (χ0n) is 14.3. The molecular formula is C11H28N6O6Si. The summed E-state index contributed by atoms with van der Waals surface area (Å²) in [6.07, 6.45) is 0.790. The van der Waals surface area contributed by atoms with Crippen molar-refractivity contribution in [1.82, 2.24) is 21.5 Å². The Morgan fingerprint density at radius 1 is 1.25 bits per heavy atom. The molecule has 24 heavy (non-hydrogen) atoms. The highest BCUT2D eigenvalue weighted by atomic mass is 28.3. The fourth-order valence-electron chi connectivity index (χ4n) is 1.29. The van der Waals surface area contributed by atoms with Gasteiger partial charge in [-0.2, -0.15) is 0 Å². The van der Waals surface area contributed by atoms with Crippen LogP contribution in [-0.4, -0.2) is 73.6 Å². The molecule has 0 aromatic carbocycles. The number of guanidine groups is 1. The third-order valence-corrected chi connectivity index (χ3v) is 3.60. The Balaban J connectivity index is 0. The van der Waals surface area contributed by atoms with Crippen molar-refractivity contribution in [3.05, 3.63) is 0 Å². The molecule has 0 aromatic rings. The Bertz CT molecular complexity index is 365. The normalized spacial score (nSPS) is 11.0. The average molecular weight is 368 g/mol. The van der Waals surface area contributed by atoms with E-state index < -0.39 is 27.6 Å². The van der Waals surface area contributed by atoms with Crippen molar-refractivity contribution >= 4 is 27.5 Å². The summed E-state index contributed by atoms with van der Waals surface area (Å²) in [5.74, 6) is -1.22. The van der Waals surface area contributed by atoms with E-state index in [2.05, 4.69) is 21.5 Å². The van der Waals surface area contributed by atoms with Crippen molar-refractivity contribution in [3.8, 4) is 0 Å². The van der Waals surface area contributed by atoms with Gasteiger partial charge in [0.25, 0.3) is 0 Å². The lowest BCUT2D eigenvalue weighted by Gasteiger charge is -2.15. The third kappa shape index (κ3) is 15.0. The fraction of sp³-hybridized carbons (Fsp3) is 0.727. The summed E-state index contributed by atoms with van der Waals surface area (Å²) < 4.78 is 14.2. The lowest BCUT2D eigenvalue weighted by Crippen LogP contribution is -2.51. The Morgan fingerprint density at radius 2 is 1.79 bits per heavy atom. The molecule has 0 fully saturated rings. The van der Waals surface area contributed by atoms with Crippen LogP contribution >= 0.6 is 0 Å². The maximum Gasteiger partial charge on any atom is 0.483 e. The number of nitrogens with two attached hydrogens (primary N) is 1. The Hall–Kier alpha value is -1.93. The summed E-state index contributed by atoms with van der Waals surface area (Å²) in [4.78, 5) is 21.6. The SMILES string of the molecule is CNC(=O)NNC(CCCNC(=N)N)C(=O)O.CO[SiH](OC)OC. The van der Waals surface area contributed by atoms with Gasteiger partial charge in [-0.05, 0) is 12.8 Å². The van der Waals surface area contributed by atoms with Gasteiger partial charge in [-0.1, -0.05) is 0 Å². The minimum Gasteiger partial charge on any atom is -0.480 e. The molecule has 0 aliphatic rings. The molecule has 0 heterocycles. The monoisotopic (exact) mass is 368 g/mol. The maximum absolute atomic E-state index is 10.8. The zero-order chi connectivity index (χ0) is 19.0. The molecule has 12 nitrogen and oxygen atoms in total. The van der Waals surface area contributed by atoms with Gasteiger partial charge in [0.2, 0.25) is 0 Å². The van der Waals surface area contributed by atoms with Crippen molar-refractivity contribution in [1.29, 1.82) is 5.41 Å². The van der Waals surface area contributed by atoms with Gasteiger partial charge in [-0.15, -0.1) is 0 Å². The molecule has 0 aromatic heterocycles. The second-order valence-corrected chi connectivity index (χ2v) is 6.21. The molecule has 2 amide bonds. The minimum atomic E-state index is -1.67. The highest BCUT2D eigenvalue weighted by Gasteiger charge is 2.16. The van der Waals surface area contributed by atoms with Gasteiger partial charge in [-0.3, -0.25) is 15.6 Å². The molecule has 8 N–H and O–H groups in total. The van der Waals surface area contributed by atoms with E-state index in [0.717, 1.165) is 0 Å². The second kappa shape index (κ2) is 15.9. The summed E-state index contributed by atoms with van der Waals surface area (Å²) >= 11 is 0. The van der Waals surface area contributed by atoms with Gasteiger partial charge >= 0.3 is 21.5 Å². The van der Waals surface area contributed by atoms with Crippen LogP contribution in [0.1, 0.15) is 12.8 Å². The fourth-order valence-corrected chi connectivity index (χ4v) is 1.87. The number of carbonyl (C=O) groups is 2. The van der Waals surface area contributed by atoms with E-state index in [9.17, 15) is 9.59 Å². The highest BCUT2D eigenvalue weighted by molar-refractivity contribution is 6.36. The zero-order valence-corrected chi connectivity index (χ0v) is 15.5. The van der Waals surface area contributed by atoms with Crippen molar-refractivity contribution in [2.45, 2.75) is 18.9 Å². The van der Waals surface area contributed by atoms with Crippen molar-refractivity contribution < 1.29 is 28.0 Å². The van der Waals surface area contributed by atoms with E-state index >= 15 is 0 Å². The summed E-state index contributed by atoms with van der Waals surface area (Å²) in [7, 11) is 4.47. The van der Waals surface area contributed by atoms with Gasteiger partial charge < -0.3 is 34.8 Å². The number of carboxylic acid groups (broad SMARTS) is 1. The number of hydrazine groups is 1. The van der Waals surface area contributed by atoms with Crippen LogP contribution in [0.2, 0.25) is 0 Å². The molecule has 1 unspecified atom stereocenters. The lowest BCUT2D eigenvalue weighted by molar-refractivity contribution is -0.139. The molecule has 0 aliphatic carbocycles. The van der Waals surface area contributed by atoms with Crippen molar-refractivity contribution in [2.24, 2.45) is 5.73 Å². The van der Waals surface area contributed by atoms with E-state index in [4.69, 9.17) is 29.5 Å². The topological polar surface area (TPSA) is 180 Å². The third-order valence-electron chi connectivity index (χ3n) is 2.45. The quantitative estimate of drug-likeness (QED) is 0.0738. The molecule has 0 radical (unpaired) electrons. The van der Waals surface area contributed by atoms with Gasteiger partial charge in [0.15, 0.2) is 5.96 Å². The number of nitrogens with one attached hydrogen (secondary N) is 5. The van der Waals surface area contributed by atoms with E-state index in [1.54, 1.807) is 21.3 Å². The highest BCUT2D eigenvalue weighted by Crippen LogP contribution is 1.95. The number of carboxylic acids is 1. The van der Waals surface area contributed by atoms with Crippen molar-refractivity contribution in [2.75, 3.05) is 34.9 Å². The molecule has 0 aliphatic heterocycles. The molecule has 0 bridgehead atoms. The largest absolute Gasteiger partial charge is 0.483 e. The first-order chi connectivity index (χ1) is 11.3. The van der Waals surface area contributed by atoms with Crippen LogP contribution in [0.5, 0.6) is 0 Å². The lowest BCUT2D eigenvalue weighted by atomic mass is 10.1. The average Bonchev–Trinajstić information content (AvgIpc) is 2.55. The molecular weight excluding hydrogens is 340 g/mol. The number of hydrogen-bond acceptors (Lipinski definition) is 7. The van der Waals surface area contributed by atoms with E-state index in [1.165, 1.54) is 7.05 Å². The molecule has 0 saturated carbocycles. The van der Waals surface area contributed by atoms with Crippen molar-refractivity contribution in [3.63, 3.8) is 0 Å². The summed E-state index contributed by atoms with van der Waals surface area (Å²) in [5.41, 5.74) is 9.64. The second-order valence-electron chi connectivity index (χ2n) is 4.22. The maximum atomic E-state index is 10.8. The van der Waals surface area contributed by atoms with Crippen LogP contribution in [0.15, 0.2) is 0 Å². The van der Waals surface area contributed by atoms with Crippen LogP contribution in [0.4, 0.5) is 4.79 Å². The van der Waals surface area contributed by atoms with Gasteiger partial charge in [0.1, 0.15) is 6.04 Å². The number of rotatable bonds is 10.